The minimum atomic E-state index is -4.80. The summed E-state index contributed by atoms with van der Waals surface area (Å²) in [6.07, 6.45) is -4.80. The summed E-state index contributed by atoms with van der Waals surface area (Å²) in [6, 6.07) is 20.0. The minimum Gasteiger partial charge on any atom is -0.326 e. The van der Waals surface area contributed by atoms with Crippen molar-refractivity contribution in [2.24, 2.45) is 5.73 Å². The third kappa shape index (κ3) is 5.52. The number of hydrogen-bond acceptors (Lipinski definition) is 4. The lowest BCUT2D eigenvalue weighted by molar-refractivity contribution is -0.141. The van der Waals surface area contributed by atoms with Gasteiger partial charge in [0.1, 0.15) is 11.5 Å². The highest BCUT2D eigenvalue weighted by Gasteiger charge is 2.36. The lowest BCUT2D eigenvalue weighted by Crippen LogP contribution is -2.18. The number of nitriles is 1. The molecular formula is C27H21F4N5O. The van der Waals surface area contributed by atoms with Crippen LogP contribution in [0, 0.1) is 17.1 Å². The Kier molecular flexibility index (Phi) is 7.09. The second-order valence-electron chi connectivity index (χ2n) is 8.35. The molecule has 0 radical (unpaired) electrons. The van der Waals surface area contributed by atoms with Crippen molar-refractivity contribution in [1.29, 1.82) is 5.26 Å². The number of rotatable bonds is 6. The second kappa shape index (κ2) is 10.2. The Bertz CT molecular complexity index is 1500. The molecule has 1 atom stereocenters. The molecule has 1 aromatic heterocycles. The lowest BCUT2D eigenvalue weighted by Gasteiger charge is -2.15. The van der Waals surface area contributed by atoms with Crippen molar-refractivity contribution in [3.05, 3.63) is 112 Å². The van der Waals surface area contributed by atoms with E-state index in [9.17, 15) is 22.4 Å². The van der Waals surface area contributed by atoms with E-state index < -0.39 is 29.3 Å². The third-order valence-electron chi connectivity index (χ3n) is 5.88. The van der Waals surface area contributed by atoms with Gasteiger partial charge < -0.3 is 11.1 Å². The number of amides is 1. The highest BCUT2D eigenvalue weighted by atomic mass is 19.4. The molecule has 4 aromatic rings. The quantitative estimate of drug-likeness (QED) is 0.324. The third-order valence-corrected chi connectivity index (χ3v) is 5.88. The Balaban J connectivity index is 1.70. The Morgan fingerprint density at radius 1 is 1.08 bits per heavy atom. The Hall–Kier alpha value is -4.49. The molecule has 4 rings (SSSR count). The maximum absolute atomic E-state index is 14.7. The average molecular weight is 507 g/mol. The molecule has 0 spiro atoms. The number of alkyl halides is 3. The van der Waals surface area contributed by atoms with Crippen LogP contribution in [0.5, 0.6) is 0 Å². The van der Waals surface area contributed by atoms with E-state index in [2.05, 4.69) is 16.5 Å². The molecule has 3 aromatic carbocycles. The summed E-state index contributed by atoms with van der Waals surface area (Å²) < 4.78 is 55.9. The van der Waals surface area contributed by atoms with Gasteiger partial charge in [-0.25, -0.2) is 9.07 Å². The van der Waals surface area contributed by atoms with Crippen molar-refractivity contribution in [3.63, 3.8) is 0 Å². The minimum absolute atomic E-state index is 0.135. The summed E-state index contributed by atoms with van der Waals surface area (Å²) >= 11 is 0. The highest BCUT2D eigenvalue weighted by Crippen LogP contribution is 2.31. The van der Waals surface area contributed by atoms with Gasteiger partial charge >= 0.3 is 6.18 Å². The molecule has 1 amide bonds. The summed E-state index contributed by atoms with van der Waals surface area (Å²) in [6.45, 7) is 1.99. The lowest BCUT2D eigenvalue weighted by atomic mass is 9.92. The van der Waals surface area contributed by atoms with Gasteiger partial charge in [-0.3, -0.25) is 4.79 Å². The Morgan fingerprint density at radius 3 is 2.51 bits per heavy atom. The van der Waals surface area contributed by atoms with Crippen molar-refractivity contribution < 1.29 is 22.4 Å². The van der Waals surface area contributed by atoms with E-state index in [1.54, 1.807) is 36.4 Å². The van der Waals surface area contributed by atoms with E-state index in [1.165, 1.54) is 24.3 Å². The van der Waals surface area contributed by atoms with Crippen LogP contribution in [0.3, 0.4) is 0 Å². The first-order valence-electron chi connectivity index (χ1n) is 11.2. The molecule has 0 fully saturated rings. The summed E-state index contributed by atoms with van der Waals surface area (Å²) in [5, 5.41) is 15.1. The number of halogens is 4. The summed E-state index contributed by atoms with van der Waals surface area (Å²) in [5.74, 6) is -2.00. The van der Waals surface area contributed by atoms with Gasteiger partial charge in [-0.2, -0.15) is 23.5 Å². The zero-order valence-corrected chi connectivity index (χ0v) is 19.6. The molecule has 188 valence electrons. The van der Waals surface area contributed by atoms with Crippen LogP contribution in [0.25, 0.3) is 5.69 Å². The standard InChI is InChI=1S/C27H21F4N5O/c1-16(19-6-2-4-17(10-19)14-32)20-8-9-22(28)23(12-20)34-26(37)24-13-25(27(29,30)31)35-36(24)21-7-3-5-18(11-21)15-33/h2-13,16H,15,33H2,1H3,(H,34,37). The highest BCUT2D eigenvalue weighted by molar-refractivity contribution is 6.03. The van der Waals surface area contributed by atoms with Crippen LogP contribution in [0.2, 0.25) is 0 Å². The van der Waals surface area contributed by atoms with E-state index in [1.807, 2.05) is 13.0 Å². The largest absolute Gasteiger partial charge is 0.435 e. The zero-order valence-electron chi connectivity index (χ0n) is 19.6. The first-order chi connectivity index (χ1) is 17.6. The number of benzene rings is 3. The van der Waals surface area contributed by atoms with Crippen LogP contribution in [0.4, 0.5) is 23.2 Å². The van der Waals surface area contributed by atoms with Crippen LogP contribution in [0.15, 0.2) is 72.8 Å². The molecule has 6 nitrogen and oxygen atoms in total. The fourth-order valence-corrected chi connectivity index (χ4v) is 3.86. The zero-order chi connectivity index (χ0) is 26.7. The number of nitrogens with zero attached hydrogens (tertiary/aromatic N) is 3. The predicted molar refractivity (Wildman–Crippen MR) is 129 cm³/mol. The number of hydrogen-bond donors (Lipinski definition) is 2. The number of nitrogens with one attached hydrogen (secondary N) is 1. The van der Waals surface area contributed by atoms with Crippen molar-refractivity contribution in [2.75, 3.05) is 5.32 Å². The Labute approximate surface area is 210 Å². The molecule has 0 aliphatic rings. The molecule has 0 saturated heterocycles. The number of aromatic nitrogens is 2. The molecule has 37 heavy (non-hydrogen) atoms. The second-order valence-corrected chi connectivity index (χ2v) is 8.35. The molecule has 1 heterocycles. The smallest absolute Gasteiger partial charge is 0.326 e. The summed E-state index contributed by atoms with van der Waals surface area (Å²) in [7, 11) is 0. The first-order valence-corrected chi connectivity index (χ1v) is 11.2. The molecule has 1 unspecified atom stereocenters. The van der Waals surface area contributed by atoms with Gasteiger partial charge in [0.05, 0.1) is 23.0 Å². The van der Waals surface area contributed by atoms with Gasteiger partial charge in [-0.15, -0.1) is 0 Å². The molecule has 0 bridgehead atoms. The number of nitrogens with two attached hydrogens (primary N) is 1. The van der Waals surface area contributed by atoms with Gasteiger partial charge in [0.2, 0.25) is 0 Å². The van der Waals surface area contributed by atoms with Crippen LogP contribution < -0.4 is 11.1 Å². The van der Waals surface area contributed by atoms with Gasteiger partial charge in [-0.05, 0) is 53.1 Å². The maximum atomic E-state index is 14.7. The monoisotopic (exact) mass is 507 g/mol. The molecule has 0 aliphatic heterocycles. The van der Waals surface area contributed by atoms with Crippen molar-refractivity contribution >= 4 is 11.6 Å². The normalized spacial score (nSPS) is 12.1. The maximum Gasteiger partial charge on any atom is 0.435 e. The number of carbonyl (C=O) groups excluding carboxylic acids is 1. The first kappa shape index (κ1) is 25.6. The fourth-order valence-electron chi connectivity index (χ4n) is 3.86. The number of anilines is 1. The van der Waals surface area contributed by atoms with Crippen molar-refractivity contribution in [1.82, 2.24) is 9.78 Å². The average Bonchev–Trinajstić information content (AvgIpc) is 3.36. The van der Waals surface area contributed by atoms with E-state index in [0.29, 0.717) is 22.8 Å². The number of carbonyl (C=O) groups is 1. The molecule has 0 saturated carbocycles. The van der Waals surface area contributed by atoms with Crippen molar-refractivity contribution in [2.45, 2.75) is 25.6 Å². The van der Waals surface area contributed by atoms with Gasteiger partial charge in [-0.1, -0.05) is 37.3 Å². The van der Waals surface area contributed by atoms with Crippen LogP contribution >= 0.6 is 0 Å². The van der Waals surface area contributed by atoms with Crippen LogP contribution in [0.1, 0.15) is 51.3 Å². The van der Waals surface area contributed by atoms with E-state index in [-0.39, 0.29) is 23.8 Å². The van der Waals surface area contributed by atoms with E-state index in [0.717, 1.165) is 10.2 Å². The fraction of sp³-hybridized carbons (Fsp3) is 0.148. The molecule has 0 aliphatic carbocycles. The topological polar surface area (TPSA) is 96.7 Å². The summed E-state index contributed by atoms with van der Waals surface area (Å²) in [4.78, 5) is 13.1. The molecule has 10 heteroatoms. The van der Waals surface area contributed by atoms with Gasteiger partial charge in [0, 0.05) is 18.5 Å². The molecular weight excluding hydrogens is 486 g/mol. The van der Waals surface area contributed by atoms with E-state index >= 15 is 0 Å². The molecule has 3 N–H and O–H groups in total. The summed E-state index contributed by atoms with van der Waals surface area (Å²) in [5.41, 5.74) is 6.46. The Morgan fingerprint density at radius 2 is 1.81 bits per heavy atom. The SMILES string of the molecule is CC(c1cccc(C#N)c1)c1ccc(F)c(NC(=O)c2cc(C(F)(F)F)nn2-c2cccc(CN)c2)c1. The van der Waals surface area contributed by atoms with Gasteiger partial charge in [0.25, 0.3) is 5.91 Å². The predicted octanol–water partition coefficient (Wildman–Crippen LogP) is 5.76. The van der Waals surface area contributed by atoms with Crippen LogP contribution in [-0.2, 0) is 12.7 Å². The van der Waals surface area contributed by atoms with E-state index in [4.69, 9.17) is 11.0 Å². The van der Waals surface area contributed by atoms with Gasteiger partial charge in [0.15, 0.2) is 5.69 Å². The van der Waals surface area contributed by atoms with Crippen molar-refractivity contribution in [3.8, 4) is 11.8 Å². The van der Waals surface area contributed by atoms with Crippen LogP contribution in [-0.4, -0.2) is 15.7 Å².